The van der Waals surface area contributed by atoms with E-state index in [-0.39, 0.29) is 25.0 Å². The Morgan fingerprint density at radius 2 is 2.35 bits per heavy atom. The SMILES string of the molecule is OCC(O)CNc1cccc(F)c1OCC1CCCO1. The highest BCUT2D eigenvalue weighted by Crippen LogP contribution is 2.28. The van der Waals surface area contributed by atoms with Crippen molar-refractivity contribution in [1.82, 2.24) is 0 Å². The Morgan fingerprint density at radius 3 is 3.05 bits per heavy atom. The van der Waals surface area contributed by atoms with E-state index in [2.05, 4.69) is 5.32 Å². The van der Waals surface area contributed by atoms with Crippen LogP contribution in [0.2, 0.25) is 0 Å². The van der Waals surface area contributed by atoms with Gasteiger partial charge in [-0.05, 0) is 25.0 Å². The van der Waals surface area contributed by atoms with Crippen LogP contribution < -0.4 is 10.1 Å². The third-order valence-corrected chi connectivity index (χ3v) is 3.14. The first kappa shape index (κ1) is 15.0. The van der Waals surface area contributed by atoms with Crippen molar-refractivity contribution in [1.29, 1.82) is 0 Å². The molecule has 2 atom stereocenters. The number of nitrogens with one attached hydrogen (secondary N) is 1. The van der Waals surface area contributed by atoms with Crippen molar-refractivity contribution >= 4 is 5.69 Å². The Morgan fingerprint density at radius 1 is 1.50 bits per heavy atom. The number of rotatable bonds is 7. The normalized spacial score (nSPS) is 19.9. The second-order valence-corrected chi connectivity index (χ2v) is 4.78. The molecule has 2 unspecified atom stereocenters. The standard InChI is InChI=1S/C14H20FNO4/c15-12-4-1-5-13(16-7-10(18)8-17)14(12)20-9-11-3-2-6-19-11/h1,4-5,10-11,16-18H,2-3,6-9H2. The van der Waals surface area contributed by atoms with Crippen LogP contribution >= 0.6 is 0 Å². The molecule has 1 fully saturated rings. The zero-order valence-corrected chi connectivity index (χ0v) is 11.2. The number of aliphatic hydroxyl groups is 2. The molecule has 0 aromatic heterocycles. The molecule has 1 aliphatic heterocycles. The maximum absolute atomic E-state index is 13.8. The third kappa shape index (κ3) is 4.06. The van der Waals surface area contributed by atoms with Gasteiger partial charge in [-0.1, -0.05) is 6.07 Å². The first-order chi connectivity index (χ1) is 9.70. The largest absolute Gasteiger partial charge is 0.486 e. The summed E-state index contributed by atoms with van der Waals surface area (Å²) in [6, 6.07) is 4.54. The van der Waals surface area contributed by atoms with Crippen LogP contribution in [0.25, 0.3) is 0 Å². The van der Waals surface area contributed by atoms with Crippen molar-refractivity contribution in [2.24, 2.45) is 0 Å². The number of benzene rings is 1. The van der Waals surface area contributed by atoms with E-state index < -0.39 is 11.9 Å². The summed E-state index contributed by atoms with van der Waals surface area (Å²) in [6.45, 7) is 0.794. The highest BCUT2D eigenvalue weighted by atomic mass is 19.1. The lowest BCUT2D eigenvalue weighted by Crippen LogP contribution is -2.23. The first-order valence-electron chi connectivity index (χ1n) is 6.76. The first-order valence-corrected chi connectivity index (χ1v) is 6.76. The van der Waals surface area contributed by atoms with Crippen molar-refractivity contribution in [3.63, 3.8) is 0 Å². The summed E-state index contributed by atoms with van der Waals surface area (Å²) < 4.78 is 24.8. The Bertz CT molecular complexity index is 424. The van der Waals surface area contributed by atoms with Gasteiger partial charge < -0.3 is 25.0 Å². The molecule has 0 radical (unpaired) electrons. The number of aliphatic hydroxyl groups excluding tert-OH is 2. The van der Waals surface area contributed by atoms with Crippen molar-refractivity contribution in [3.8, 4) is 5.75 Å². The average Bonchev–Trinajstić information content (AvgIpc) is 2.97. The van der Waals surface area contributed by atoms with E-state index in [1.807, 2.05) is 0 Å². The van der Waals surface area contributed by atoms with E-state index in [1.165, 1.54) is 6.07 Å². The van der Waals surface area contributed by atoms with Crippen LogP contribution in [0.1, 0.15) is 12.8 Å². The molecule has 1 aromatic carbocycles. The molecular formula is C14H20FNO4. The molecular weight excluding hydrogens is 265 g/mol. The van der Waals surface area contributed by atoms with Gasteiger partial charge in [-0.25, -0.2) is 4.39 Å². The predicted octanol–water partition coefficient (Wildman–Crippen LogP) is 1.15. The highest BCUT2D eigenvalue weighted by molar-refractivity contribution is 5.57. The molecule has 0 bridgehead atoms. The van der Waals surface area contributed by atoms with Crippen LogP contribution in [0.3, 0.4) is 0 Å². The smallest absolute Gasteiger partial charge is 0.178 e. The van der Waals surface area contributed by atoms with E-state index in [0.29, 0.717) is 12.3 Å². The van der Waals surface area contributed by atoms with Gasteiger partial charge in [0.15, 0.2) is 11.6 Å². The molecule has 5 nitrogen and oxygen atoms in total. The van der Waals surface area contributed by atoms with Crippen LogP contribution in [0, 0.1) is 5.82 Å². The van der Waals surface area contributed by atoms with Crippen molar-refractivity contribution in [3.05, 3.63) is 24.0 Å². The molecule has 20 heavy (non-hydrogen) atoms. The molecule has 0 amide bonds. The van der Waals surface area contributed by atoms with Gasteiger partial charge in [0, 0.05) is 13.2 Å². The minimum Gasteiger partial charge on any atom is -0.486 e. The van der Waals surface area contributed by atoms with Crippen LogP contribution in [0.15, 0.2) is 18.2 Å². The molecule has 1 aliphatic rings. The summed E-state index contributed by atoms with van der Waals surface area (Å²) in [7, 11) is 0. The molecule has 2 rings (SSSR count). The van der Waals surface area contributed by atoms with Crippen LogP contribution in [0.4, 0.5) is 10.1 Å². The van der Waals surface area contributed by atoms with Crippen LogP contribution in [-0.4, -0.2) is 48.8 Å². The second kappa shape index (κ2) is 7.42. The number of para-hydroxylation sites is 1. The fourth-order valence-electron chi connectivity index (χ4n) is 2.04. The Kier molecular flexibility index (Phi) is 5.58. The molecule has 0 spiro atoms. The van der Waals surface area contributed by atoms with Crippen molar-refractivity contribution in [2.75, 3.05) is 31.7 Å². The number of hydrogen-bond donors (Lipinski definition) is 3. The lowest BCUT2D eigenvalue weighted by Gasteiger charge is -2.17. The quantitative estimate of drug-likeness (QED) is 0.701. The summed E-state index contributed by atoms with van der Waals surface area (Å²) in [5.74, 6) is -0.348. The van der Waals surface area contributed by atoms with Gasteiger partial charge in [-0.2, -0.15) is 0 Å². The van der Waals surface area contributed by atoms with E-state index in [9.17, 15) is 9.50 Å². The summed E-state index contributed by atoms with van der Waals surface area (Å²) in [5, 5.41) is 21.0. The Labute approximate surface area is 117 Å². The monoisotopic (exact) mass is 285 g/mol. The Hall–Kier alpha value is -1.37. The molecule has 0 aliphatic carbocycles. The molecule has 1 saturated heterocycles. The van der Waals surface area contributed by atoms with Gasteiger partial charge >= 0.3 is 0 Å². The van der Waals surface area contributed by atoms with E-state index in [4.69, 9.17) is 14.6 Å². The number of halogens is 1. The predicted molar refractivity (Wildman–Crippen MR) is 72.5 cm³/mol. The van der Waals surface area contributed by atoms with Gasteiger partial charge in [0.2, 0.25) is 0 Å². The van der Waals surface area contributed by atoms with E-state index in [1.54, 1.807) is 12.1 Å². The van der Waals surface area contributed by atoms with Crippen LogP contribution in [0.5, 0.6) is 5.75 Å². The molecule has 1 heterocycles. The molecule has 0 saturated carbocycles. The van der Waals surface area contributed by atoms with E-state index >= 15 is 0 Å². The van der Waals surface area contributed by atoms with Gasteiger partial charge in [0.1, 0.15) is 6.61 Å². The molecule has 6 heteroatoms. The average molecular weight is 285 g/mol. The van der Waals surface area contributed by atoms with Gasteiger partial charge in [0.05, 0.1) is 24.5 Å². The molecule has 112 valence electrons. The van der Waals surface area contributed by atoms with Gasteiger partial charge in [-0.3, -0.25) is 0 Å². The van der Waals surface area contributed by atoms with Crippen LogP contribution in [-0.2, 0) is 4.74 Å². The zero-order chi connectivity index (χ0) is 14.4. The number of hydrogen-bond acceptors (Lipinski definition) is 5. The lowest BCUT2D eigenvalue weighted by atomic mass is 10.2. The summed E-state index contributed by atoms with van der Waals surface area (Å²) in [5.41, 5.74) is 0.454. The van der Waals surface area contributed by atoms with Crippen molar-refractivity contribution in [2.45, 2.75) is 25.0 Å². The molecule has 3 N–H and O–H groups in total. The summed E-state index contributed by atoms with van der Waals surface area (Å²) in [6.07, 6.45) is 1.02. The molecule has 1 aromatic rings. The third-order valence-electron chi connectivity index (χ3n) is 3.14. The topological polar surface area (TPSA) is 71.0 Å². The summed E-state index contributed by atoms with van der Waals surface area (Å²) >= 11 is 0. The maximum atomic E-state index is 13.8. The maximum Gasteiger partial charge on any atom is 0.178 e. The fraction of sp³-hybridized carbons (Fsp3) is 0.571. The van der Waals surface area contributed by atoms with E-state index in [0.717, 1.165) is 19.4 Å². The Balaban J connectivity index is 1.97. The number of ether oxygens (including phenoxy) is 2. The van der Waals surface area contributed by atoms with Gasteiger partial charge in [-0.15, -0.1) is 0 Å². The van der Waals surface area contributed by atoms with Crippen molar-refractivity contribution < 1.29 is 24.1 Å². The summed E-state index contributed by atoms with van der Waals surface area (Å²) in [4.78, 5) is 0. The second-order valence-electron chi connectivity index (χ2n) is 4.78. The highest BCUT2D eigenvalue weighted by Gasteiger charge is 2.18. The fourth-order valence-corrected chi connectivity index (χ4v) is 2.04. The lowest BCUT2D eigenvalue weighted by molar-refractivity contribution is 0.0667. The minimum absolute atomic E-state index is 0.00508. The van der Waals surface area contributed by atoms with Gasteiger partial charge in [0.25, 0.3) is 0 Å². The minimum atomic E-state index is -0.899. The number of anilines is 1. The zero-order valence-electron chi connectivity index (χ0n) is 11.2.